The van der Waals surface area contributed by atoms with Crippen LogP contribution in [0.1, 0.15) is 337 Å². The fourth-order valence-corrected chi connectivity index (χ4v) is 19.9. The lowest BCUT2D eigenvalue weighted by atomic mass is 9.73. The number of cyclic esters (lactones) is 4. The first-order valence-corrected chi connectivity index (χ1v) is 52.3. The van der Waals surface area contributed by atoms with Crippen LogP contribution >= 0.6 is 45.3 Å². The first-order valence-electron chi connectivity index (χ1n) is 48.7. The van der Waals surface area contributed by atoms with Crippen LogP contribution in [0.2, 0.25) is 0 Å². The fraction of sp³-hybridized carbons (Fsp3) is 0.667. The minimum Gasteiger partial charge on any atom is -0.457 e. The van der Waals surface area contributed by atoms with Gasteiger partial charge in [0.15, 0.2) is 0 Å². The quantitative estimate of drug-likeness (QED) is 0.0461. The summed E-state index contributed by atoms with van der Waals surface area (Å²) in [5, 5.41) is 98.1. The molecule has 0 unspecified atom stereocenters. The van der Waals surface area contributed by atoms with Crippen LogP contribution < -0.4 is 0 Å². The topological polar surface area (TPSA) is 387 Å². The molecule has 0 saturated carbocycles. The molecule has 8 N–H and O–H groups in total. The van der Waals surface area contributed by atoms with E-state index < -0.39 is 142 Å². The third kappa shape index (κ3) is 37.0. The monoisotopic (exact) mass is 1970 g/mol. The minimum atomic E-state index is -1.21. The molecule has 28 heteroatoms. The average Bonchev–Trinajstić information content (AvgIpc) is 0.928. The second-order valence-corrected chi connectivity index (χ2v) is 45.9. The standard InChI is InChI=1S/4C27H41NO5S/c2*1-16-9-8-10-17(2)25(31)19(4)26(32)27(6,7)23(29)14-24(30)33-22(12-11-16)18(3)13-21-15-34-20(5)28-21;2*1-16-10-8-9-11-17(2)25(31)19(4)26(32)27(6,7)23(29)14-24(30)33-22(12-16)18(3)13-21-15-34-20(5)28-21/h2*11,13,15,17,19,22-23,25,29,31H,8-10,12,14H2,1-7H3;2*10,13,15,17,19,22-23,25,29,31H,8-9,11-12,14H2,1-7H3/b2*16-11-,18-13+;2*16-10-,18-13+/t17-,19+,22-,23-,25-;17-,19-,22-,23-,25+;17-,19+,22-,23-,25-;17-,19-,22-,23-,25+/m0000/s1. The summed E-state index contributed by atoms with van der Waals surface area (Å²) in [6.07, 6.45) is 17.4. The van der Waals surface area contributed by atoms with Gasteiger partial charge in [0.05, 0.1) is 139 Å². The molecule has 0 amide bonds. The smallest absolute Gasteiger partial charge is 0.309 e. The molecular formula is C108H164N4O20S4. The number of ether oxygens (including phenoxy) is 4. The molecule has 4 aromatic heterocycles. The maximum Gasteiger partial charge on any atom is 0.309 e. The number of rotatable bonds is 8. The largest absolute Gasteiger partial charge is 0.457 e. The van der Waals surface area contributed by atoms with Gasteiger partial charge < -0.3 is 59.8 Å². The molecule has 4 aliphatic rings. The van der Waals surface area contributed by atoms with Crippen LogP contribution in [0.15, 0.2) is 90.4 Å². The second kappa shape index (κ2) is 55.2. The van der Waals surface area contributed by atoms with Crippen molar-refractivity contribution in [1.29, 1.82) is 0 Å². The van der Waals surface area contributed by atoms with Gasteiger partial charge in [0, 0.05) is 70.9 Å². The van der Waals surface area contributed by atoms with Gasteiger partial charge in [-0.15, -0.1) is 45.3 Å². The van der Waals surface area contributed by atoms with Crippen molar-refractivity contribution in [3.63, 3.8) is 0 Å². The Bertz CT molecular complexity index is 4550. The molecule has 0 fully saturated rings. The fourth-order valence-electron chi connectivity index (χ4n) is 17.6. The predicted octanol–water partition coefficient (Wildman–Crippen LogP) is 21.1. The van der Waals surface area contributed by atoms with Crippen molar-refractivity contribution in [3.05, 3.63) is 133 Å². The van der Waals surface area contributed by atoms with Gasteiger partial charge in [0.2, 0.25) is 0 Å². The van der Waals surface area contributed by atoms with E-state index >= 15 is 0 Å². The molecule has 0 bridgehead atoms. The van der Waals surface area contributed by atoms with Crippen LogP contribution in [0.5, 0.6) is 0 Å². The van der Waals surface area contributed by atoms with Gasteiger partial charge in [-0.2, -0.15) is 0 Å². The van der Waals surface area contributed by atoms with Crippen LogP contribution in [-0.2, 0) is 57.3 Å². The highest BCUT2D eigenvalue weighted by molar-refractivity contribution is 7.10. The number of aryl methyl sites for hydroxylation is 4. The summed E-state index contributed by atoms with van der Waals surface area (Å²) in [5.74, 6) is -5.94. The number of esters is 4. The zero-order valence-electron chi connectivity index (χ0n) is 86.5. The van der Waals surface area contributed by atoms with Crippen molar-refractivity contribution in [2.24, 2.45) is 69.0 Å². The summed E-state index contributed by atoms with van der Waals surface area (Å²) in [5.41, 5.74) is 6.68. The lowest BCUT2D eigenvalue weighted by molar-refractivity contribution is -0.155. The summed E-state index contributed by atoms with van der Waals surface area (Å²) >= 11 is 6.25. The zero-order chi connectivity index (χ0) is 103. The Morgan fingerprint density at radius 3 is 0.750 bits per heavy atom. The van der Waals surface area contributed by atoms with E-state index in [1.165, 1.54) is 11.1 Å². The molecule has 8 rings (SSSR count). The maximum atomic E-state index is 13.2. The molecule has 8 heterocycles. The Kier molecular flexibility index (Phi) is 48.4. The van der Waals surface area contributed by atoms with Crippen LogP contribution in [0.25, 0.3) is 24.3 Å². The third-order valence-electron chi connectivity index (χ3n) is 28.1. The molecule has 0 aliphatic carbocycles. The molecule has 4 aliphatic heterocycles. The van der Waals surface area contributed by atoms with Crippen molar-refractivity contribution in [2.75, 3.05) is 0 Å². The van der Waals surface area contributed by atoms with E-state index in [1.54, 1.807) is 128 Å². The van der Waals surface area contributed by atoms with Gasteiger partial charge in [0.25, 0.3) is 0 Å². The summed E-state index contributed by atoms with van der Waals surface area (Å²) < 4.78 is 23.3. The van der Waals surface area contributed by atoms with Gasteiger partial charge in [-0.3, -0.25) is 38.4 Å². The van der Waals surface area contributed by atoms with Crippen molar-refractivity contribution < 1.29 is 98.2 Å². The highest BCUT2D eigenvalue weighted by atomic mass is 32.1. The van der Waals surface area contributed by atoms with Gasteiger partial charge in [-0.05, 0) is 230 Å². The lowest BCUT2D eigenvalue weighted by Gasteiger charge is -2.34. The number of thiazole rings is 4. The van der Waals surface area contributed by atoms with Crippen LogP contribution in [0, 0.1) is 96.7 Å². The number of ketones is 4. The number of nitrogens with zero attached hydrogens (tertiary/aromatic N) is 4. The third-order valence-corrected chi connectivity index (χ3v) is 31.2. The zero-order valence-corrected chi connectivity index (χ0v) is 89.8. The van der Waals surface area contributed by atoms with Crippen LogP contribution in [0.3, 0.4) is 0 Å². The van der Waals surface area contributed by atoms with E-state index in [-0.39, 0.29) is 72.5 Å². The Labute approximate surface area is 827 Å². The molecule has 4 aromatic rings. The molecule has 0 spiro atoms. The Hall–Kier alpha value is -7.32. The number of carbonyl (C=O) groups is 8. The number of hydrogen-bond acceptors (Lipinski definition) is 28. The first kappa shape index (κ1) is 119. The van der Waals surface area contributed by atoms with Gasteiger partial charge in [-0.25, -0.2) is 19.9 Å². The summed E-state index contributed by atoms with van der Waals surface area (Å²) in [4.78, 5) is 122. The van der Waals surface area contributed by atoms with E-state index in [0.29, 0.717) is 25.7 Å². The van der Waals surface area contributed by atoms with Crippen molar-refractivity contribution in [1.82, 2.24) is 19.9 Å². The van der Waals surface area contributed by atoms with E-state index in [1.807, 2.05) is 143 Å². The van der Waals surface area contributed by atoms with Gasteiger partial charge in [-0.1, -0.05) is 157 Å². The maximum absolute atomic E-state index is 13.2. The Balaban J connectivity index is 0.000000320. The molecule has 24 nitrogen and oxygen atoms in total. The van der Waals surface area contributed by atoms with E-state index in [0.717, 1.165) is 153 Å². The SMILES string of the molecule is C/C1=C/CCC[C@H](C)[C@@H](O)[C@H](C)C(=O)C(C)(C)[C@@H](O)CC(=O)O[C@H](/C(C)=C/c2csc(C)n2)C1.C/C1=C/CCC[C@H](C)[C@H](O)[C@@H](C)C(=O)C(C)(C)[C@@H](O)CC(=O)O[C@H](/C(C)=C/c2csc(C)n2)C1.C/C1=C/C[C@@H](/C(C)=C/c2csc(C)n2)OC(=O)C[C@H](O)C(C)(C)C(=O)[C@@H](C)[C@H](O)[C@@H](C)CCC1.C/C1=C/C[C@@H](/C(C)=C/c2csc(C)n2)OC(=O)C[C@H](O)C(C)(C)C(=O)[C@H](C)[C@@H](O)[C@@H](C)CCC1. The number of Topliss-reactive ketones (excluding diaryl/α,β-unsaturated/α-hetero) is 4. The molecule has 0 saturated heterocycles. The van der Waals surface area contributed by atoms with Crippen LogP contribution in [0.4, 0.5) is 0 Å². The first-order chi connectivity index (χ1) is 63.3. The summed E-state index contributed by atoms with van der Waals surface area (Å²) in [6, 6.07) is 0. The van der Waals surface area contributed by atoms with Crippen LogP contribution in [-0.4, -0.2) is 181 Å². The van der Waals surface area contributed by atoms with Crippen molar-refractivity contribution >= 4 is 117 Å². The van der Waals surface area contributed by atoms with E-state index in [9.17, 15) is 79.2 Å². The highest BCUT2D eigenvalue weighted by Gasteiger charge is 2.47. The molecule has 0 radical (unpaired) electrons. The molecular weight excluding hydrogens is 1800 g/mol. The van der Waals surface area contributed by atoms with Gasteiger partial charge in [0.1, 0.15) is 47.5 Å². The Morgan fingerprint density at radius 1 is 0.316 bits per heavy atom. The summed E-state index contributed by atoms with van der Waals surface area (Å²) in [7, 11) is 0. The average molecular weight is 1970 g/mol. The normalized spacial score (nSPS) is 32.1. The van der Waals surface area contributed by atoms with Crippen molar-refractivity contribution in [3.8, 4) is 0 Å². The van der Waals surface area contributed by atoms with E-state index in [4.69, 9.17) is 18.9 Å². The predicted molar refractivity (Wildman–Crippen MR) is 545 cm³/mol. The molecule has 0 aromatic carbocycles. The number of aromatic nitrogens is 4. The number of aliphatic hydroxyl groups excluding tert-OH is 8. The van der Waals surface area contributed by atoms with Crippen molar-refractivity contribution in [2.45, 2.75) is 396 Å². The second-order valence-electron chi connectivity index (χ2n) is 41.6. The molecule has 20 atom stereocenters. The lowest BCUT2D eigenvalue weighted by Crippen LogP contribution is -2.45. The summed E-state index contributed by atoms with van der Waals surface area (Å²) in [6.45, 7) is 51.3. The number of hydrogen-bond donors (Lipinski definition) is 8. The number of allylic oxidation sites excluding steroid dienone is 4. The van der Waals surface area contributed by atoms with Gasteiger partial charge >= 0.3 is 23.9 Å². The molecule has 760 valence electrons. The molecule has 136 heavy (non-hydrogen) atoms. The number of carbonyl (C=O) groups excluding carboxylic acids is 8. The minimum absolute atomic E-state index is 0.0436. The highest BCUT2D eigenvalue weighted by Crippen LogP contribution is 2.40. The Morgan fingerprint density at radius 2 is 0.529 bits per heavy atom. The number of aliphatic hydroxyl groups is 8. The van der Waals surface area contributed by atoms with E-state index in [2.05, 4.69) is 58.1 Å².